The Balaban J connectivity index is 1.60. The second-order valence-electron chi connectivity index (χ2n) is 6.11. The Labute approximate surface area is 149 Å². The predicted molar refractivity (Wildman–Crippen MR) is 98.4 cm³/mol. The van der Waals surface area contributed by atoms with E-state index in [0.29, 0.717) is 29.2 Å². The Hall–Kier alpha value is -3.28. The van der Waals surface area contributed by atoms with Crippen molar-refractivity contribution < 1.29 is 8.91 Å². The molecule has 6 heteroatoms. The van der Waals surface area contributed by atoms with Gasteiger partial charge in [-0.15, -0.1) is 0 Å². The Morgan fingerprint density at radius 3 is 2.73 bits per heavy atom. The van der Waals surface area contributed by atoms with E-state index in [9.17, 15) is 4.39 Å². The zero-order valence-corrected chi connectivity index (χ0v) is 14.2. The lowest BCUT2D eigenvalue weighted by Gasteiger charge is -2.07. The van der Waals surface area contributed by atoms with Crippen LogP contribution in [0.3, 0.4) is 0 Å². The van der Waals surface area contributed by atoms with Gasteiger partial charge in [0.1, 0.15) is 29.0 Å². The number of nitrogens with one attached hydrogen (secondary N) is 1. The molecule has 0 bridgehead atoms. The summed E-state index contributed by atoms with van der Waals surface area (Å²) in [4.78, 5) is 8.46. The number of halogens is 1. The molecule has 0 aliphatic carbocycles. The Morgan fingerprint density at radius 2 is 1.92 bits per heavy atom. The monoisotopic (exact) mass is 348 g/mol. The molecule has 0 amide bonds. The first-order valence-corrected chi connectivity index (χ1v) is 8.36. The molecule has 0 saturated heterocycles. The van der Waals surface area contributed by atoms with E-state index in [1.807, 2.05) is 0 Å². The maximum atomic E-state index is 13.2. The van der Waals surface area contributed by atoms with Gasteiger partial charge in [0.2, 0.25) is 0 Å². The summed E-state index contributed by atoms with van der Waals surface area (Å²) in [5.41, 5.74) is 4.24. The molecular formula is C20H17FN4O. The summed E-state index contributed by atoms with van der Waals surface area (Å²) < 4.78 is 18.5. The molecule has 0 aliphatic rings. The van der Waals surface area contributed by atoms with Crippen molar-refractivity contribution in [1.82, 2.24) is 15.1 Å². The summed E-state index contributed by atoms with van der Waals surface area (Å²) in [6.07, 6.45) is 2.31. The van der Waals surface area contributed by atoms with E-state index >= 15 is 0 Å². The smallest absolute Gasteiger partial charge is 0.263 e. The van der Waals surface area contributed by atoms with Gasteiger partial charge in [0, 0.05) is 12.1 Å². The van der Waals surface area contributed by atoms with Crippen molar-refractivity contribution >= 4 is 16.9 Å². The molecule has 4 rings (SSSR count). The summed E-state index contributed by atoms with van der Waals surface area (Å²) in [7, 11) is 0. The first-order valence-electron chi connectivity index (χ1n) is 8.36. The molecule has 4 aromatic rings. The number of hydrogen-bond acceptors (Lipinski definition) is 5. The lowest BCUT2D eigenvalue weighted by molar-refractivity contribution is 0.451. The third-order valence-electron chi connectivity index (χ3n) is 4.18. The predicted octanol–water partition coefficient (Wildman–Crippen LogP) is 4.39. The Bertz CT molecular complexity index is 1040. The summed E-state index contributed by atoms with van der Waals surface area (Å²) in [6, 6.07) is 14.5. The van der Waals surface area contributed by atoms with Crippen LogP contribution in [-0.4, -0.2) is 21.7 Å². The van der Waals surface area contributed by atoms with Gasteiger partial charge in [-0.1, -0.05) is 35.0 Å². The van der Waals surface area contributed by atoms with E-state index in [0.717, 1.165) is 12.0 Å². The van der Waals surface area contributed by atoms with Crippen LogP contribution in [0.5, 0.6) is 0 Å². The average Bonchev–Trinajstić information content (AvgIpc) is 3.07. The molecule has 0 radical (unpaired) electrons. The first-order chi connectivity index (χ1) is 12.7. The van der Waals surface area contributed by atoms with E-state index in [1.54, 1.807) is 12.1 Å². The van der Waals surface area contributed by atoms with Crippen molar-refractivity contribution in [2.24, 2.45) is 0 Å². The summed E-state index contributed by atoms with van der Waals surface area (Å²) >= 11 is 0. The van der Waals surface area contributed by atoms with Crippen LogP contribution in [0.15, 0.2) is 59.4 Å². The molecule has 0 unspecified atom stereocenters. The van der Waals surface area contributed by atoms with E-state index < -0.39 is 0 Å². The summed E-state index contributed by atoms with van der Waals surface area (Å²) in [5, 5.41) is 8.13. The molecule has 130 valence electrons. The molecule has 26 heavy (non-hydrogen) atoms. The maximum absolute atomic E-state index is 13.2. The SMILES string of the molecule is Cc1cccc(CCNc2ncnc3onc(-c4ccc(F)cc4)c23)c1. The molecule has 0 atom stereocenters. The lowest BCUT2D eigenvalue weighted by Crippen LogP contribution is -2.07. The van der Waals surface area contributed by atoms with Gasteiger partial charge in [-0.3, -0.25) is 0 Å². The van der Waals surface area contributed by atoms with Crippen LogP contribution in [0.4, 0.5) is 10.2 Å². The minimum Gasteiger partial charge on any atom is -0.369 e. The number of aromatic nitrogens is 3. The van der Waals surface area contributed by atoms with Gasteiger partial charge < -0.3 is 9.84 Å². The van der Waals surface area contributed by atoms with Crippen molar-refractivity contribution in [1.29, 1.82) is 0 Å². The van der Waals surface area contributed by atoms with Gasteiger partial charge in [0.25, 0.3) is 5.71 Å². The summed E-state index contributed by atoms with van der Waals surface area (Å²) in [6.45, 7) is 2.79. The average molecular weight is 348 g/mol. The van der Waals surface area contributed by atoms with Crippen LogP contribution >= 0.6 is 0 Å². The van der Waals surface area contributed by atoms with Gasteiger partial charge in [-0.05, 0) is 43.2 Å². The zero-order chi connectivity index (χ0) is 17.9. The first kappa shape index (κ1) is 16.2. The fourth-order valence-corrected chi connectivity index (χ4v) is 2.92. The number of nitrogens with zero attached hydrogens (tertiary/aromatic N) is 3. The standard InChI is InChI=1S/C20H17FN4O/c1-13-3-2-4-14(11-13)9-10-22-19-17-18(15-5-7-16(21)8-6-15)25-26-20(17)24-12-23-19/h2-8,11-12H,9-10H2,1H3,(H,22,23,24). The fourth-order valence-electron chi connectivity index (χ4n) is 2.92. The fraction of sp³-hybridized carbons (Fsp3) is 0.150. The van der Waals surface area contributed by atoms with Gasteiger partial charge in [-0.2, -0.15) is 4.98 Å². The zero-order valence-electron chi connectivity index (χ0n) is 14.2. The normalized spacial score (nSPS) is 11.0. The number of hydrogen-bond donors (Lipinski definition) is 1. The molecular weight excluding hydrogens is 331 g/mol. The minimum atomic E-state index is -0.297. The molecule has 2 heterocycles. The summed E-state index contributed by atoms with van der Waals surface area (Å²) in [5.74, 6) is 0.359. The van der Waals surface area contributed by atoms with Gasteiger partial charge in [0.15, 0.2) is 0 Å². The van der Waals surface area contributed by atoms with E-state index in [1.165, 1.54) is 29.6 Å². The molecule has 0 spiro atoms. The highest BCUT2D eigenvalue weighted by molar-refractivity contribution is 5.97. The second-order valence-corrected chi connectivity index (χ2v) is 6.11. The highest BCUT2D eigenvalue weighted by atomic mass is 19.1. The van der Waals surface area contributed by atoms with Gasteiger partial charge in [-0.25, -0.2) is 9.37 Å². The van der Waals surface area contributed by atoms with Crippen LogP contribution in [0.25, 0.3) is 22.4 Å². The topological polar surface area (TPSA) is 63.8 Å². The number of fused-ring (bicyclic) bond motifs is 1. The van der Waals surface area contributed by atoms with Gasteiger partial charge >= 0.3 is 0 Å². The molecule has 2 aromatic carbocycles. The maximum Gasteiger partial charge on any atom is 0.263 e. The number of anilines is 1. The van der Waals surface area contributed by atoms with Crippen LogP contribution < -0.4 is 5.32 Å². The Morgan fingerprint density at radius 1 is 1.08 bits per heavy atom. The van der Waals surface area contributed by atoms with E-state index in [4.69, 9.17) is 4.52 Å². The molecule has 5 nitrogen and oxygen atoms in total. The highest BCUT2D eigenvalue weighted by Crippen LogP contribution is 2.31. The van der Waals surface area contributed by atoms with Crippen molar-refractivity contribution in [3.8, 4) is 11.3 Å². The van der Waals surface area contributed by atoms with Crippen molar-refractivity contribution in [2.75, 3.05) is 11.9 Å². The molecule has 0 aliphatic heterocycles. The third kappa shape index (κ3) is 3.26. The van der Waals surface area contributed by atoms with E-state index in [-0.39, 0.29) is 5.82 Å². The second kappa shape index (κ2) is 6.92. The van der Waals surface area contributed by atoms with Crippen LogP contribution in [0, 0.1) is 12.7 Å². The number of benzene rings is 2. The molecule has 0 fully saturated rings. The van der Waals surface area contributed by atoms with Gasteiger partial charge in [0.05, 0.1) is 0 Å². The number of rotatable bonds is 5. The quantitative estimate of drug-likeness (QED) is 0.580. The van der Waals surface area contributed by atoms with Crippen molar-refractivity contribution in [2.45, 2.75) is 13.3 Å². The van der Waals surface area contributed by atoms with Crippen LogP contribution in [0.1, 0.15) is 11.1 Å². The Kier molecular flexibility index (Phi) is 4.31. The molecule has 0 saturated carbocycles. The molecule has 1 N–H and O–H groups in total. The van der Waals surface area contributed by atoms with Crippen molar-refractivity contribution in [3.63, 3.8) is 0 Å². The molecule has 2 aromatic heterocycles. The largest absolute Gasteiger partial charge is 0.369 e. The van der Waals surface area contributed by atoms with Crippen LogP contribution in [0.2, 0.25) is 0 Å². The van der Waals surface area contributed by atoms with E-state index in [2.05, 4.69) is 51.6 Å². The lowest BCUT2D eigenvalue weighted by atomic mass is 10.1. The van der Waals surface area contributed by atoms with Crippen LogP contribution in [-0.2, 0) is 6.42 Å². The van der Waals surface area contributed by atoms with Crippen molar-refractivity contribution in [3.05, 3.63) is 71.8 Å². The highest BCUT2D eigenvalue weighted by Gasteiger charge is 2.16. The third-order valence-corrected chi connectivity index (χ3v) is 4.18. The minimum absolute atomic E-state index is 0.297. The number of aryl methyl sites for hydroxylation is 1.